The van der Waals surface area contributed by atoms with E-state index < -0.39 is 0 Å². The summed E-state index contributed by atoms with van der Waals surface area (Å²) in [7, 11) is 0. The number of rotatable bonds is 7. The molecule has 1 aliphatic rings. The summed E-state index contributed by atoms with van der Waals surface area (Å²) in [6, 6.07) is 23.7. The molecule has 1 amide bonds. The smallest absolute Gasteiger partial charge is 0.258 e. The molecule has 0 aliphatic carbocycles. The van der Waals surface area contributed by atoms with Gasteiger partial charge in [-0.05, 0) is 55.3 Å². The van der Waals surface area contributed by atoms with Crippen LogP contribution in [0, 0.1) is 0 Å². The highest BCUT2D eigenvalue weighted by atomic mass is 16.5. The molecule has 7 heteroatoms. The second kappa shape index (κ2) is 9.89. The van der Waals surface area contributed by atoms with E-state index in [-0.39, 0.29) is 24.1 Å². The molecular weight excluding hydrogens is 430 g/mol. The van der Waals surface area contributed by atoms with E-state index in [0.717, 1.165) is 12.8 Å². The molecule has 1 aliphatic heterocycles. The van der Waals surface area contributed by atoms with Crippen LogP contribution in [-0.2, 0) is 11.3 Å². The maximum atomic E-state index is 13.6. The highest BCUT2D eigenvalue weighted by molar-refractivity contribution is 5.94. The van der Waals surface area contributed by atoms with Gasteiger partial charge in [-0.1, -0.05) is 36.4 Å². The van der Waals surface area contributed by atoms with E-state index in [1.807, 2.05) is 42.5 Å². The molecule has 0 bridgehead atoms. The van der Waals surface area contributed by atoms with Crippen molar-refractivity contribution in [2.24, 2.45) is 0 Å². The van der Waals surface area contributed by atoms with Crippen LogP contribution in [-0.4, -0.2) is 40.0 Å². The molecule has 1 fully saturated rings. The Hall–Kier alpha value is -3.97. The van der Waals surface area contributed by atoms with Crippen LogP contribution >= 0.6 is 0 Å². The van der Waals surface area contributed by atoms with E-state index in [9.17, 15) is 9.59 Å². The number of ether oxygens (including phenoxy) is 2. The van der Waals surface area contributed by atoms with Crippen molar-refractivity contribution in [3.8, 4) is 11.5 Å². The average Bonchev–Trinajstić information content (AvgIpc) is 3.37. The number of benzene rings is 3. The van der Waals surface area contributed by atoms with Crippen molar-refractivity contribution >= 4 is 16.8 Å². The van der Waals surface area contributed by atoms with Gasteiger partial charge in [-0.2, -0.15) is 0 Å². The molecule has 5 rings (SSSR count). The molecule has 0 saturated carbocycles. The average molecular weight is 456 g/mol. The summed E-state index contributed by atoms with van der Waals surface area (Å²) in [6.07, 6.45) is 1.82. The number of nitrogens with one attached hydrogen (secondary N) is 1. The van der Waals surface area contributed by atoms with Crippen LogP contribution in [0.1, 0.15) is 29.0 Å². The number of nitrogens with zero attached hydrogens (tertiary/aromatic N) is 2. The van der Waals surface area contributed by atoms with Gasteiger partial charge in [0.25, 0.3) is 11.5 Å². The molecule has 1 N–H and O–H groups in total. The van der Waals surface area contributed by atoms with Crippen LogP contribution in [0.2, 0.25) is 0 Å². The molecule has 1 unspecified atom stereocenters. The van der Waals surface area contributed by atoms with Crippen LogP contribution in [0.3, 0.4) is 0 Å². The van der Waals surface area contributed by atoms with Gasteiger partial charge in [-0.25, -0.2) is 4.98 Å². The van der Waals surface area contributed by atoms with Gasteiger partial charge < -0.3 is 19.4 Å². The first-order valence-electron chi connectivity index (χ1n) is 11.4. The number of fused-ring (bicyclic) bond motifs is 1. The molecule has 34 heavy (non-hydrogen) atoms. The number of H-pyrrole nitrogens is 1. The molecular formula is C27H25N3O4. The van der Waals surface area contributed by atoms with E-state index >= 15 is 0 Å². The van der Waals surface area contributed by atoms with Crippen LogP contribution in [0.5, 0.6) is 11.5 Å². The van der Waals surface area contributed by atoms with Gasteiger partial charge in [0.2, 0.25) is 0 Å². The third-order valence-electron chi connectivity index (χ3n) is 5.80. The minimum absolute atomic E-state index is 0.0418. The number of aromatic nitrogens is 2. The lowest BCUT2D eigenvalue weighted by molar-refractivity contribution is 0.0501. The molecule has 1 saturated heterocycles. The lowest BCUT2D eigenvalue weighted by Crippen LogP contribution is -2.37. The van der Waals surface area contributed by atoms with Crippen molar-refractivity contribution in [3.63, 3.8) is 0 Å². The van der Waals surface area contributed by atoms with Crippen molar-refractivity contribution in [1.29, 1.82) is 0 Å². The molecule has 1 atom stereocenters. The van der Waals surface area contributed by atoms with Crippen LogP contribution in [0.4, 0.5) is 0 Å². The first-order valence-corrected chi connectivity index (χ1v) is 11.4. The first-order chi connectivity index (χ1) is 16.7. The van der Waals surface area contributed by atoms with Gasteiger partial charge in [-0.15, -0.1) is 0 Å². The fourth-order valence-electron chi connectivity index (χ4n) is 4.14. The van der Waals surface area contributed by atoms with Crippen molar-refractivity contribution in [3.05, 3.63) is 101 Å². The SMILES string of the molecule is O=C(c1cccc(Oc2ccccc2)c1)N(Cc1nc2ccccc2c(=O)[nH]1)CC1CCCO1. The topological polar surface area (TPSA) is 84.5 Å². The number of hydrogen-bond acceptors (Lipinski definition) is 5. The van der Waals surface area contributed by atoms with Gasteiger partial charge in [0.15, 0.2) is 0 Å². The maximum Gasteiger partial charge on any atom is 0.258 e. The Labute approximate surface area is 197 Å². The first kappa shape index (κ1) is 21.9. The zero-order valence-electron chi connectivity index (χ0n) is 18.6. The monoisotopic (exact) mass is 455 g/mol. The van der Waals surface area contributed by atoms with Gasteiger partial charge in [-0.3, -0.25) is 9.59 Å². The summed E-state index contributed by atoms with van der Waals surface area (Å²) in [5, 5.41) is 0.522. The molecule has 0 spiro atoms. The molecule has 0 radical (unpaired) electrons. The summed E-state index contributed by atoms with van der Waals surface area (Å²) in [4.78, 5) is 35.2. The zero-order chi connectivity index (χ0) is 23.3. The Morgan fingerprint density at radius 3 is 2.65 bits per heavy atom. The van der Waals surface area contributed by atoms with E-state index in [1.54, 1.807) is 41.3 Å². The molecule has 1 aromatic heterocycles. The molecule has 3 aromatic carbocycles. The Morgan fingerprint density at radius 2 is 1.82 bits per heavy atom. The summed E-state index contributed by atoms with van der Waals surface area (Å²) < 4.78 is 11.7. The van der Waals surface area contributed by atoms with E-state index in [1.165, 1.54) is 0 Å². The molecule has 2 heterocycles. The Kier molecular flexibility index (Phi) is 6.35. The summed E-state index contributed by atoms with van der Waals surface area (Å²) in [5.41, 5.74) is 0.877. The summed E-state index contributed by atoms with van der Waals surface area (Å²) >= 11 is 0. The van der Waals surface area contributed by atoms with E-state index in [2.05, 4.69) is 9.97 Å². The second-order valence-corrected chi connectivity index (χ2v) is 8.29. The largest absolute Gasteiger partial charge is 0.457 e. The number of para-hydroxylation sites is 2. The summed E-state index contributed by atoms with van der Waals surface area (Å²) in [6.45, 7) is 1.28. The van der Waals surface area contributed by atoms with Crippen LogP contribution in [0.15, 0.2) is 83.7 Å². The molecule has 7 nitrogen and oxygen atoms in total. The number of carbonyl (C=O) groups is 1. The van der Waals surface area contributed by atoms with Gasteiger partial charge in [0.05, 0.1) is 23.6 Å². The van der Waals surface area contributed by atoms with Crippen LogP contribution in [0.25, 0.3) is 10.9 Å². The third kappa shape index (κ3) is 5.00. The standard InChI is InChI=1S/C27H25N3O4/c31-26-23-13-4-5-14-24(23)28-25(29-26)18-30(17-22-12-7-15-33-22)27(32)19-8-6-11-21(16-19)34-20-9-2-1-3-10-20/h1-6,8-11,13-14,16,22H,7,12,15,17-18H2,(H,28,29,31). The van der Waals surface area contributed by atoms with Crippen molar-refractivity contribution in [2.45, 2.75) is 25.5 Å². The molecule has 172 valence electrons. The van der Waals surface area contributed by atoms with E-state index in [0.29, 0.717) is 46.9 Å². The Balaban J connectivity index is 1.42. The van der Waals surface area contributed by atoms with Crippen molar-refractivity contribution < 1.29 is 14.3 Å². The highest BCUT2D eigenvalue weighted by Crippen LogP contribution is 2.23. The van der Waals surface area contributed by atoms with Crippen molar-refractivity contribution in [2.75, 3.05) is 13.2 Å². The quantitative estimate of drug-likeness (QED) is 0.442. The highest BCUT2D eigenvalue weighted by Gasteiger charge is 2.25. The maximum absolute atomic E-state index is 13.6. The Morgan fingerprint density at radius 1 is 1.03 bits per heavy atom. The number of aromatic amines is 1. The number of hydrogen-bond donors (Lipinski definition) is 1. The minimum Gasteiger partial charge on any atom is -0.457 e. The minimum atomic E-state index is -0.219. The third-order valence-corrected chi connectivity index (χ3v) is 5.80. The lowest BCUT2D eigenvalue weighted by atomic mass is 10.1. The van der Waals surface area contributed by atoms with Gasteiger partial charge >= 0.3 is 0 Å². The predicted octanol–water partition coefficient (Wildman–Crippen LogP) is 4.54. The van der Waals surface area contributed by atoms with Crippen molar-refractivity contribution in [1.82, 2.24) is 14.9 Å². The summed E-state index contributed by atoms with van der Waals surface area (Å²) in [5.74, 6) is 1.53. The number of carbonyl (C=O) groups excluding carboxylic acids is 1. The van der Waals surface area contributed by atoms with E-state index in [4.69, 9.17) is 9.47 Å². The fraction of sp³-hybridized carbons (Fsp3) is 0.222. The normalized spacial score (nSPS) is 15.4. The predicted molar refractivity (Wildman–Crippen MR) is 129 cm³/mol. The lowest BCUT2D eigenvalue weighted by Gasteiger charge is -2.25. The fourth-order valence-corrected chi connectivity index (χ4v) is 4.14. The van der Waals surface area contributed by atoms with Crippen LogP contribution < -0.4 is 10.3 Å². The Bertz CT molecular complexity index is 1350. The molecule has 4 aromatic rings. The number of amides is 1. The van der Waals surface area contributed by atoms with Gasteiger partial charge in [0, 0.05) is 18.7 Å². The second-order valence-electron chi connectivity index (χ2n) is 8.29. The van der Waals surface area contributed by atoms with Gasteiger partial charge in [0.1, 0.15) is 17.3 Å². The zero-order valence-corrected chi connectivity index (χ0v) is 18.6.